The number of amides is 1. The zero-order valence-corrected chi connectivity index (χ0v) is 18.0. The first-order valence-corrected chi connectivity index (χ1v) is 11.0. The average Bonchev–Trinajstić information content (AvgIpc) is 3.30. The molecular weight excluding hydrogens is 405 g/mol. The van der Waals surface area contributed by atoms with Crippen molar-refractivity contribution in [3.8, 4) is 0 Å². The zero-order chi connectivity index (χ0) is 22.1. The summed E-state index contributed by atoms with van der Waals surface area (Å²) in [5.74, 6) is 0.0361. The number of hydrogen-bond donors (Lipinski definition) is 1. The van der Waals surface area contributed by atoms with Gasteiger partial charge in [0, 0.05) is 41.9 Å². The summed E-state index contributed by atoms with van der Waals surface area (Å²) >= 11 is 0. The monoisotopic (exact) mass is 431 g/mol. The summed E-state index contributed by atoms with van der Waals surface area (Å²) in [4.78, 5) is 19.2. The van der Waals surface area contributed by atoms with Crippen LogP contribution in [0.1, 0.15) is 34.7 Å². The summed E-state index contributed by atoms with van der Waals surface area (Å²) in [7, 11) is 2.17. The van der Waals surface area contributed by atoms with Crippen LogP contribution in [-0.4, -0.2) is 59.7 Å². The molecule has 1 N–H and O–H groups in total. The van der Waals surface area contributed by atoms with Gasteiger partial charge in [-0.1, -0.05) is 18.2 Å². The SMILES string of the molecule is CN1CCC(N2CC(c3ccc4cnc(NC(=O)c5ccc(F)cc5)cc4c3)C=N2)CC1. The minimum Gasteiger partial charge on any atom is -0.307 e. The molecular formula is C25H26FN5O. The van der Waals surface area contributed by atoms with Crippen LogP contribution in [0.25, 0.3) is 10.8 Å². The van der Waals surface area contributed by atoms with Gasteiger partial charge in [0.05, 0.1) is 0 Å². The molecule has 2 aromatic carbocycles. The number of fused-ring (bicyclic) bond motifs is 1. The van der Waals surface area contributed by atoms with Crippen molar-refractivity contribution in [2.75, 3.05) is 32.0 Å². The van der Waals surface area contributed by atoms with Gasteiger partial charge < -0.3 is 10.2 Å². The van der Waals surface area contributed by atoms with Gasteiger partial charge in [0.15, 0.2) is 0 Å². The van der Waals surface area contributed by atoms with Gasteiger partial charge in [0.1, 0.15) is 11.6 Å². The molecule has 1 aromatic heterocycles. The molecule has 0 aliphatic carbocycles. The second kappa shape index (κ2) is 8.67. The maximum Gasteiger partial charge on any atom is 0.256 e. The third kappa shape index (κ3) is 4.34. The number of likely N-dealkylation sites (tertiary alicyclic amines) is 1. The summed E-state index contributed by atoms with van der Waals surface area (Å²) in [5.41, 5.74) is 1.59. The van der Waals surface area contributed by atoms with Crippen molar-refractivity contribution in [2.45, 2.75) is 24.8 Å². The minimum absolute atomic E-state index is 0.254. The highest BCUT2D eigenvalue weighted by Crippen LogP contribution is 2.28. The molecule has 0 spiro atoms. The predicted octanol–water partition coefficient (Wildman–Crippen LogP) is 4.11. The number of carbonyl (C=O) groups is 1. The van der Waals surface area contributed by atoms with Gasteiger partial charge in [0.2, 0.25) is 0 Å². The molecule has 32 heavy (non-hydrogen) atoms. The minimum atomic E-state index is -0.372. The van der Waals surface area contributed by atoms with E-state index in [1.165, 1.54) is 29.8 Å². The van der Waals surface area contributed by atoms with Crippen LogP contribution in [-0.2, 0) is 0 Å². The van der Waals surface area contributed by atoms with Crippen molar-refractivity contribution in [3.05, 3.63) is 71.7 Å². The molecule has 164 valence electrons. The molecule has 0 saturated carbocycles. The standard InChI is InChI=1S/C25H26FN5O/c1-30-10-8-23(9-11-30)31-16-21(15-28-31)18-2-3-19-14-27-24(13-20(19)12-18)29-25(32)17-4-6-22(26)7-5-17/h2-7,12-15,21,23H,8-11,16H2,1H3,(H,27,29,32). The van der Waals surface area contributed by atoms with E-state index >= 15 is 0 Å². The Hall–Kier alpha value is -3.32. The highest BCUT2D eigenvalue weighted by Gasteiger charge is 2.28. The second-order valence-electron chi connectivity index (χ2n) is 8.66. The number of piperidine rings is 1. The maximum absolute atomic E-state index is 13.1. The van der Waals surface area contributed by atoms with Gasteiger partial charge in [-0.05, 0) is 74.3 Å². The van der Waals surface area contributed by atoms with Gasteiger partial charge in [-0.15, -0.1) is 0 Å². The van der Waals surface area contributed by atoms with Crippen molar-refractivity contribution in [1.82, 2.24) is 14.9 Å². The Balaban J connectivity index is 1.30. The summed E-state index contributed by atoms with van der Waals surface area (Å²) < 4.78 is 13.1. The van der Waals surface area contributed by atoms with E-state index in [0.29, 0.717) is 17.4 Å². The lowest BCUT2D eigenvalue weighted by Crippen LogP contribution is -2.41. The van der Waals surface area contributed by atoms with Crippen LogP contribution in [0.5, 0.6) is 0 Å². The lowest BCUT2D eigenvalue weighted by molar-refractivity contribution is 0.102. The molecule has 1 unspecified atom stereocenters. The van der Waals surface area contributed by atoms with E-state index in [0.717, 1.165) is 43.2 Å². The van der Waals surface area contributed by atoms with Crippen LogP contribution in [0.3, 0.4) is 0 Å². The van der Waals surface area contributed by atoms with Gasteiger partial charge in [-0.25, -0.2) is 9.37 Å². The van der Waals surface area contributed by atoms with E-state index in [4.69, 9.17) is 5.10 Å². The number of benzene rings is 2. The van der Waals surface area contributed by atoms with Gasteiger partial charge in [-0.3, -0.25) is 9.80 Å². The predicted molar refractivity (Wildman–Crippen MR) is 125 cm³/mol. The summed E-state index contributed by atoms with van der Waals surface area (Å²) in [6, 6.07) is 14.2. The van der Waals surface area contributed by atoms with Gasteiger partial charge >= 0.3 is 0 Å². The van der Waals surface area contributed by atoms with Crippen LogP contribution in [0, 0.1) is 5.82 Å². The molecule has 6 nitrogen and oxygen atoms in total. The molecule has 0 bridgehead atoms. The average molecular weight is 432 g/mol. The Morgan fingerprint density at radius 2 is 1.84 bits per heavy atom. The highest BCUT2D eigenvalue weighted by molar-refractivity contribution is 6.04. The Kier molecular flexibility index (Phi) is 5.57. The Labute approximate surface area is 186 Å². The quantitative estimate of drug-likeness (QED) is 0.676. The molecule has 1 saturated heterocycles. The molecule has 1 atom stereocenters. The molecule has 5 rings (SSSR count). The van der Waals surface area contributed by atoms with Crippen molar-refractivity contribution in [3.63, 3.8) is 0 Å². The zero-order valence-electron chi connectivity index (χ0n) is 18.0. The van der Waals surface area contributed by atoms with Crippen molar-refractivity contribution >= 4 is 28.7 Å². The molecule has 1 fully saturated rings. The highest BCUT2D eigenvalue weighted by atomic mass is 19.1. The number of hydrogen-bond acceptors (Lipinski definition) is 5. The lowest BCUT2D eigenvalue weighted by Gasteiger charge is -2.34. The number of aromatic nitrogens is 1. The summed E-state index contributed by atoms with van der Waals surface area (Å²) in [6.45, 7) is 3.15. The largest absolute Gasteiger partial charge is 0.307 e. The first-order chi connectivity index (χ1) is 15.5. The van der Waals surface area contributed by atoms with E-state index in [1.54, 1.807) is 6.20 Å². The number of halogens is 1. The topological polar surface area (TPSA) is 60.8 Å². The van der Waals surface area contributed by atoms with E-state index in [-0.39, 0.29) is 17.6 Å². The number of pyridine rings is 1. The van der Waals surface area contributed by atoms with Crippen molar-refractivity contribution in [2.24, 2.45) is 5.10 Å². The van der Waals surface area contributed by atoms with Crippen LogP contribution in [0.4, 0.5) is 10.2 Å². The molecule has 0 radical (unpaired) electrons. The number of hydrazone groups is 1. The van der Waals surface area contributed by atoms with Gasteiger partial charge in [-0.2, -0.15) is 5.10 Å². The molecule has 1 amide bonds. The van der Waals surface area contributed by atoms with Crippen LogP contribution in [0.2, 0.25) is 0 Å². The van der Waals surface area contributed by atoms with Crippen LogP contribution < -0.4 is 5.32 Å². The number of nitrogens with zero attached hydrogens (tertiary/aromatic N) is 4. The van der Waals surface area contributed by atoms with Crippen LogP contribution >= 0.6 is 0 Å². The second-order valence-corrected chi connectivity index (χ2v) is 8.66. The third-order valence-corrected chi connectivity index (χ3v) is 6.41. The molecule has 3 heterocycles. The van der Waals surface area contributed by atoms with E-state index in [9.17, 15) is 9.18 Å². The summed E-state index contributed by atoms with van der Waals surface area (Å²) in [5, 5.41) is 11.8. The van der Waals surface area contributed by atoms with E-state index in [1.807, 2.05) is 6.07 Å². The number of nitrogens with one attached hydrogen (secondary N) is 1. The van der Waals surface area contributed by atoms with E-state index in [2.05, 4.69) is 51.7 Å². The number of rotatable bonds is 4. The number of carbonyl (C=O) groups excluding carboxylic acids is 1. The first kappa shape index (κ1) is 20.6. The smallest absolute Gasteiger partial charge is 0.256 e. The molecule has 2 aliphatic heterocycles. The fraction of sp³-hybridized carbons (Fsp3) is 0.320. The third-order valence-electron chi connectivity index (χ3n) is 6.41. The number of anilines is 1. The lowest BCUT2D eigenvalue weighted by atomic mass is 9.97. The normalized spacial score (nSPS) is 19.6. The molecule has 3 aromatic rings. The van der Waals surface area contributed by atoms with Crippen LogP contribution in [0.15, 0.2) is 59.8 Å². The Morgan fingerprint density at radius 3 is 2.62 bits per heavy atom. The Morgan fingerprint density at radius 1 is 1.06 bits per heavy atom. The molecule has 7 heteroatoms. The fourth-order valence-electron chi connectivity index (χ4n) is 4.44. The molecule has 2 aliphatic rings. The van der Waals surface area contributed by atoms with Crippen molar-refractivity contribution < 1.29 is 9.18 Å². The fourth-order valence-corrected chi connectivity index (χ4v) is 4.44. The van der Waals surface area contributed by atoms with Gasteiger partial charge in [0.25, 0.3) is 5.91 Å². The first-order valence-electron chi connectivity index (χ1n) is 11.0. The Bertz CT molecular complexity index is 1150. The van der Waals surface area contributed by atoms with Crippen molar-refractivity contribution in [1.29, 1.82) is 0 Å². The maximum atomic E-state index is 13.1. The summed E-state index contributed by atoms with van der Waals surface area (Å²) in [6.07, 6.45) is 6.12. The van der Waals surface area contributed by atoms with E-state index < -0.39 is 0 Å².